The first-order chi connectivity index (χ1) is 15.9. The number of carbonyl (C=O) groups is 5. The second kappa shape index (κ2) is 13.8. The molecule has 12 heteroatoms. The van der Waals surface area contributed by atoms with E-state index in [2.05, 4.69) is 16.0 Å². The number of carbonyl (C=O) groups excluding carboxylic acids is 4. The zero-order valence-electron chi connectivity index (χ0n) is 19.2. The van der Waals surface area contributed by atoms with Crippen LogP contribution in [0.3, 0.4) is 0 Å². The molecule has 0 aliphatic carbocycles. The van der Waals surface area contributed by atoms with Gasteiger partial charge < -0.3 is 37.6 Å². The molecule has 0 spiro atoms. The van der Waals surface area contributed by atoms with E-state index < -0.39 is 54.3 Å². The van der Waals surface area contributed by atoms with E-state index in [0.717, 1.165) is 0 Å². The first-order valence-corrected chi connectivity index (χ1v) is 10.9. The molecule has 0 aliphatic rings. The molecule has 0 saturated carbocycles. The van der Waals surface area contributed by atoms with Gasteiger partial charge in [0.1, 0.15) is 17.8 Å². The van der Waals surface area contributed by atoms with Gasteiger partial charge in [0.15, 0.2) is 0 Å². The highest BCUT2D eigenvalue weighted by molar-refractivity contribution is 5.92. The highest BCUT2D eigenvalue weighted by Crippen LogP contribution is 2.13. The number of primary amides is 1. The lowest BCUT2D eigenvalue weighted by molar-refractivity contribution is -0.143. The molecular weight excluding hydrogens is 446 g/mol. The third-order valence-electron chi connectivity index (χ3n) is 5.27. The number of amides is 4. The van der Waals surface area contributed by atoms with Crippen molar-refractivity contribution < 1.29 is 34.2 Å². The monoisotopic (exact) mass is 479 g/mol. The number of phenolic OH excluding ortho intramolecular Hbond substituents is 1. The number of carboxylic acid groups (broad SMARTS) is 1. The van der Waals surface area contributed by atoms with Gasteiger partial charge in [-0.15, -0.1) is 0 Å². The molecule has 4 amide bonds. The van der Waals surface area contributed by atoms with Crippen LogP contribution in [0.4, 0.5) is 0 Å². The number of aromatic hydroxyl groups is 1. The normalized spacial score (nSPS) is 14.2. The highest BCUT2D eigenvalue weighted by Gasteiger charge is 2.30. The molecular formula is C22H33N5O7. The minimum atomic E-state index is -1.20. The first-order valence-electron chi connectivity index (χ1n) is 10.9. The molecule has 0 saturated heterocycles. The van der Waals surface area contributed by atoms with Crippen molar-refractivity contribution in [2.45, 2.75) is 57.7 Å². The Bertz CT molecular complexity index is 875. The SMILES string of the molecule is CCC(C)C(NC(=O)C(Cc1ccc(O)cc1)NC(=O)CNC(=O)C(N)CCC(N)=O)C(=O)O. The zero-order chi connectivity index (χ0) is 25.8. The number of hydrogen-bond acceptors (Lipinski definition) is 7. The molecule has 0 heterocycles. The molecule has 0 aromatic heterocycles. The van der Waals surface area contributed by atoms with Gasteiger partial charge in [0.2, 0.25) is 23.6 Å². The Balaban J connectivity index is 2.87. The number of hydrogen-bond donors (Lipinski definition) is 7. The largest absolute Gasteiger partial charge is 0.508 e. The summed E-state index contributed by atoms with van der Waals surface area (Å²) in [7, 11) is 0. The Hall–Kier alpha value is -3.67. The van der Waals surface area contributed by atoms with Crippen LogP contribution in [0.5, 0.6) is 5.75 Å². The van der Waals surface area contributed by atoms with Crippen molar-refractivity contribution in [3.63, 3.8) is 0 Å². The quantitative estimate of drug-likeness (QED) is 0.171. The molecule has 1 rings (SSSR count). The van der Waals surface area contributed by atoms with Gasteiger partial charge in [-0.25, -0.2) is 4.79 Å². The Kier molecular flexibility index (Phi) is 11.5. The summed E-state index contributed by atoms with van der Waals surface area (Å²) in [6.07, 6.45) is 0.447. The zero-order valence-corrected chi connectivity index (χ0v) is 19.2. The fraction of sp³-hybridized carbons (Fsp3) is 0.500. The number of carboxylic acids is 1. The van der Waals surface area contributed by atoms with Gasteiger partial charge in [0, 0.05) is 12.8 Å². The number of nitrogens with two attached hydrogens (primary N) is 2. The van der Waals surface area contributed by atoms with E-state index in [1.165, 1.54) is 12.1 Å². The third kappa shape index (κ3) is 9.86. The van der Waals surface area contributed by atoms with E-state index >= 15 is 0 Å². The van der Waals surface area contributed by atoms with Crippen molar-refractivity contribution in [1.29, 1.82) is 0 Å². The van der Waals surface area contributed by atoms with Crippen molar-refractivity contribution >= 4 is 29.6 Å². The topological polar surface area (TPSA) is 214 Å². The molecule has 1 aromatic carbocycles. The van der Waals surface area contributed by atoms with Gasteiger partial charge in [-0.3, -0.25) is 19.2 Å². The van der Waals surface area contributed by atoms with Crippen LogP contribution in [-0.4, -0.2) is 64.5 Å². The second-order valence-corrected chi connectivity index (χ2v) is 8.03. The average Bonchev–Trinajstić information content (AvgIpc) is 2.79. The Morgan fingerprint density at radius 3 is 2.18 bits per heavy atom. The maximum atomic E-state index is 12.9. The van der Waals surface area contributed by atoms with Gasteiger partial charge >= 0.3 is 5.97 Å². The lowest BCUT2D eigenvalue weighted by atomic mass is 9.98. The van der Waals surface area contributed by atoms with Crippen LogP contribution in [-0.2, 0) is 30.4 Å². The molecule has 9 N–H and O–H groups in total. The molecule has 188 valence electrons. The fourth-order valence-electron chi connectivity index (χ4n) is 2.99. The maximum Gasteiger partial charge on any atom is 0.326 e. The predicted molar refractivity (Wildman–Crippen MR) is 122 cm³/mol. The van der Waals surface area contributed by atoms with Crippen LogP contribution >= 0.6 is 0 Å². The fourth-order valence-corrected chi connectivity index (χ4v) is 2.99. The van der Waals surface area contributed by atoms with Gasteiger partial charge in [0.25, 0.3) is 0 Å². The Morgan fingerprint density at radius 1 is 1.03 bits per heavy atom. The summed E-state index contributed by atoms with van der Waals surface area (Å²) in [6, 6.07) is 2.61. The summed E-state index contributed by atoms with van der Waals surface area (Å²) >= 11 is 0. The van der Waals surface area contributed by atoms with Crippen molar-refractivity contribution in [2.75, 3.05) is 6.54 Å². The lowest BCUT2D eigenvalue weighted by Gasteiger charge is -2.24. The van der Waals surface area contributed by atoms with E-state index in [0.29, 0.717) is 12.0 Å². The van der Waals surface area contributed by atoms with Gasteiger partial charge in [0.05, 0.1) is 12.6 Å². The molecule has 0 radical (unpaired) electrons. The van der Waals surface area contributed by atoms with Gasteiger partial charge in [-0.1, -0.05) is 32.4 Å². The minimum Gasteiger partial charge on any atom is -0.508 e. The van der Waals surface area contributed by atoms with Crippen molar-refractivity contribution in [3.05, 3.63) is 29.8 Å². The number of rotatable bonds is 14. The second-order valence-electron chi connectivity index (χ2n) is 8.03. The summed E-state index contributed by atoms with van der Waals surface area (Å²) in [5, 5.41) is 26.2. The number of nitrogens with one attached hydrogen (secondary N) is 3. The average molecular weight is 480 g/mol. The van der Waals surface area contributed by atoms with Crippen molar-refractivity contribution in [3.8, 4) is 5.75 Å². The number of aliphatic carboxylic acids is 1. The van der Waals surface area contributed by atoms with Crippen LogP contribution in [0, 0.1) is 5.92 Å². The van der Waals surface area contributed by atoms with E-state index in [1.54, 1.807) is 26.0 Å². The van der Waals surface area contributed by atoms with E-state index in [-0.39, 0.29) is 30.9 Å². The summed E-state index contributed by atoms with van der Waals surface area (Å²) < 4.78 is 0. The molecule has 0 bridgehead atoms. The van der Waals surface area contributed by atoms with Crippen molar-refractivity contribution in [2.24, 2.45) is 17.4 Å². The van der Waals surface area contributed by atoms with E-state index in [1.807, 2.05) is 0 Å². The standard InChI is InChI=1S/C22H33N5O7/c1-3-12(2)19(22(33)34)27-21(32)16(10-13-4-6-14(28)7-5-13)26-18(30)11-25-20(31)15(23)8-9-17(24)29/h4-7,12,15-16,19,28H,3,8-11,23H2,1-2H3,(H2,24,29)(H,25,31)(H,26,30)(H,27,32)(H,33,34). The number of benzene rings is 1. The highest BCUT2D eigenvalue weighted by atomic mass is 16.4. The molecule has 4 unspecified atom stereocenters. The Labute approximate surface area is 197 Å². The molecule has 4 atom stereocenters. The van der Waals surface area contributed by atoms with Gasteiger partial charge in [-0.2, -0.15) is 0 Å². The minimum absolute atomic E-state index is 0.0107. The van der Waals surface area contributed by atoms with Crippen molar-refractivity contribution in [1.82, 2.24) is 16.0 Å². The predicted octanol–water partition coefficient (Wildman–Crippen LogP) is -1.26. The van der Waals surface area contributed by atoms with Crippen LogP contribution in [0.25, 0.3) is 0 Å². The third-order valence-corrected chi connectivity index (χ3v) is 5.27. The maximum absolute atomic E-state index is 12.9. The summed E-state index contributed by atoms with van der Waals surface area (Å²) in [5.74, 6) is -4.22. The van der Waals surface area contributed by atoms with E-state index in [9.17, 15) is 34.2 Å². The summed E-state index contributed by atoms with van der Waals surface area (Å²) in [4.78, 5) is 59.7. The van der Waals surface area contributed by atoms with Crippen LogP contribution in [0.15, 0.2) is 24.3 Å². The molecule has 0 aliphatic heterocycles. The first kappa shape index (κ1) is 28.4. The molecule has 12 nitrogen and oxygen atoms in total. The summed E-state index contributed by atoms with van der Waals surface area (Å²) in [6.45, 7) is 2.99. The van der Waals surface area contributed by atoms with Gasteiger partial charge in [-0.05, 0) is 30.0 Å². The van der Waals surface area contributed by atoms with Crippen LogP contribution in [0.2, 0.25) is 0 Å². The lowest BCUT2D eigenvalue weighted by Crippen LogP contribution is -2.55. The molecule has 1 aromatic rings. The molecule has 34 heavy (non-hydrogen) atoms. The smallest absolute Gasteiger partial charge is 0.326 e. The summed E-state index contributed by atoms with van der Waals surface area (Å²) in [5.41, 5.74) is 11.3. The molecule has 0 fully saturated rings. The van der Waals surface area contributed by atoms with E-state index in [4.69, 9.17) is 11.5 Å². The number of phenols is 1. The van der Waals surface area contributed by atoms with Crippen LogP contribution in [0.1, 0.15) is 38.7 Å². The van der Waals surface area contributed by atoms with Crippen LogP contribution < -0.4 is 27.4 Å². The Morgan fingerprint density at radius 2 is 1.65 bits per heavy atom.